The molecule has 1 aliphatic rings. The van der Waals surface area contributed by atoms with Crippen molar-refractivity contribution in [1.29, 1.82) is 5.26 Å². The SMILES string of the molecule is COc1cc(/C=C(\C#N)c2nc3c(s2)CC(C)CC3)cc(OC)c1OC. The minimum Gasteiger partial charge on any atom is -0.493 e. The van der Waals surface area contributed by atoms with Gasteiger partial charge in [0.05, 0.1) is 32.6 Å². The third kappa shape index (κ3) is 3.54. The second-order valence-electron chi connectivity index (χ2n) is 6.37. The van der Waals surface area contributed by atoms with Gasteiger partial charge in [0.2, 0.25) is 5.75 Å². The molecule has 0 fully saturated rings. The van der Waals surface area contributed by atoms with Gasteiger partial charge >= 0.3 is 0 Å². The van der Waals surface area contributed by atoms with E-state index in [1.807, 2.05) is 18.2 Å². The monoisotopic (exact) mass is 370 g/mol. The Morgan fingerprint density at radius 2 is 1.92 bits per heavy atom. The van der Waals surface area contributed by atoms with Gasteiger partial charge in [-0.05, 0) is 49.0 Å². The second kappa shape index (κ2) is 7.79. The van der Waals surface area contributed by atoms with Gasteiger partial charge in [-0.25, -0.2) is 4.98 Å². The Kier molecular flexibility index (Phi) is 5.48. The molecule has 5 nitrogen and oxygen atoms in total. The Bertz CT molecular complexity index is 855. The number of aryl methyl sites for hydroxylation is 1. The summed E-state index contributed by atoms with van der Waals surface area (Å²) in [6.45, 7) is 2.26. The number of hydrogen-bond acceptors (Lipinski definition) is 6. The van der Waals surface area contributed by atoms with Gasteiger partial charge in [-0.15, -0.1) is 11.3 Å². The zero-order valence-electron chi connectivity index (χ0n) is 15.5. The molecule has 0 radical (unpaired) electrons. The van der Waals surface area contributed by atoms with Crippen molar-refractivity contribution >= 4 is 23.0 Å². The predicted octanol–water partition coefficient (Wildman–Crippen LogP) is 4.36. The fourth-order valence-electron chi connectivity index (χ4n) is 3.15. The maximum Gasteiger partial charge on any atom is 0.203 e. The molecule has 6 heteroatoms. The van der Waals surface area contributed by atoms with Crippen LogP contribution in [0, 0.1) is 17.2 Å². The number of aromatic nitrogens is 1. The Morgan fingerprint density at radius 3 is 2.50 bits per heavy atom. The molecule has 26 heavy (non-hydrogen) atoms. The number of rotatable bonds is 5. The van der Waals surface area contributed by atoms with Gasteiger partial charge in [0, 0.05) is 4.88 Å². The van der Waals surface area contributed by atoms with Crippen LogP contribution in [0.15, 0.2) is 12.1 Å². The van der Waals surface area contributed by atoms with Crippen LogP contribution in [0.3, 0.4) is 0 Å². The Morgan fingerprint density at radius 1 is 1.23 bits per heavy atom. The van der Waals surface area contributed by atoms with Crippen molar-refractivity contribution in [3.05, 3.63) is 33.3 Å². The van der Waals surface area contributed by atoms with E-state index in [4.69, 9.17) is 19.2 Å². The fourth-order valence-corrected chi connectivity index (χ4v) is 4.39. The van der Waals surface area contributed by atoms with Gasteiger partial charge in [0.1, 0.15) is 11.1 Å². The van der Waals surface area contributed by atoms with Crippen LogP contribution < -0.4 is 14.2 Å². The average Bonchev–Trinajstić information content (AvgIpc) is 3.07. The molecule has 3 rings (SSSR count). The van der Waals surface area contributed by atoms with Crippen molar-refractivity contribution in [2.24, 2.45) is 5.92 Å². The maximum atomic E-state index is 9.67. The topological polar surface area (TPSA) is 64.4 Å². The van der Waals surface area contributed by atoms with Crippen LogP contribution in [0.1, 0.15) is 34.5 Å². The number of ether oxygens (including phenoxy) is 3. The molecule has 0 saturated heterocycles. The Labute approximate surface area is 157 Å². The number of methoxy groups -OCH3 is 3. The highest BCUT2D eigenvalue weighted by atomic mass is 32.1. The molecule has 0 saturated carbocycles. The zero-order chi connectivity index (χ0) is 18.7. The minimum absolute atomic E-state index is 0.532. The van der Waals surface area contributed by atoms with Gasteiger partial charge in [-0.1, -0.05) is 6.92 Å². The summed E-state index contributed by atoms with van der Waals surface area (Å²) >= 11 is 1.63. The van der Waals surface area contributed by atoms with Gasteiger partial charge in [-0.2, -0.15) is 5.26 Å². The van der Waals surface area contributed by atoms with Crippen molar-refractivity contribution in [3.8, 4) is 23.3 Å². The number of nitriles is 1. The predicted molar refractivity (Wildman–Crippen MR) is 103 cm³/mol. The summed E-state index contributed by atoms with van der Waals surface area (Å²) in [5.41, 5.74) is 2.50. The van der Waals surface area contributed by atoms with Crippen molar-refractivity contribution in [2.75, 3.05) is 21.3 Å². The van der Waals surface area contributed by atoms with Gasteiger partial charge < -0.3 is 14.2 Å². The molecule has 0 bridgehead atoms. The molecule has 0 N–H and O–H groups in total. The lowest BCUT2D eigenvalue weighted by atomic mass is 9.93. The Balaban J connectivity index is 2.01. The van der Waals surface area contributed by atoms with Gasteiger partial charge in [0.15, 0.2) is 11.5 Å². The van der Waals surface area contributed by atoms with E-state index < -0.39 is 0 Å². The summed E-state index contributed by atoms with van der Waals surface area (Å²) in [5.74, 6) is 2.33. The lowest BCUT2D eigenvalue weighted by Gasteiger charge is -2.15. The van der Waals surface area contributed by atoms with Crippen LogP contribution >= 0.6 is 11.3 Å². The molecule has 1 unspecified atom stereocenters. The van der Waals surface area contributed by atoms with Crippen molar-refractivity contribution in [1.82, 2.24) is 4.98 Å². The van der Waals surface area contributed by atoms with Gasteiger partial charge in [0.25, 0.3) is 0 Å². The van der Waals surface area contributed by atoms with E-state index in [0.29, 0.717) is 28.7 Å². The van der Waals surface area contributed by atoms with Crippen LogP contribution in [0.5, 0.6) is 17.2 Å². The first-order chi connectivity index (χ1) is 12.6. The van der Waals surface area contributed by atoms with Crippen molar-refractivity contribution in [2.45, 2.75) is 26.2 Å². The molecule has 0 aliphatic heterocycles. The first-order valence-corrected chi connectivity index (χ1v) is 9.32. The van der Waals surface area contributed by atoms with Crippen LogP contribution in [0.2, 0.25) is 0 Å². The summed E-state index contributed by atoms with van der Waals surface area (Å²) in [6, 6.07) is 5.94. The van der Waals surface area contributed by atoms with E-state index in [-0.39, 0.29) is 0 Å². The number of fused-ring (bicyclic) bond motifs is 1. The molecule has 136 valence electrons. The molecule has 1 aromatic carbocycles. The largest absolute Gasteiger partial charge is 0.493 e. The smallest absolute Gasteiger partial charge is 0.203 e. The first kappa shape index (κ1) is 18.3. The molecule has 2 aromatic rings. The molecule has 1 atom stereocenters. The maximum absolute atomic E-state index is 9.67. The van der Waals surface area contributed by atoms with Crippen LogP contribution in [-0.2, 0) is 12.8 Å². The highest BCUT2D eigenvalue weighted by molar-refractivity contribution is 7.13. The summed E-state index contributed by atoms with van der Waals surface area (Å²) in [5, 5.41) is 10.4. The molecular formula is C20H22N2O3S. The van der Waals surface area contributed by atoms with E-state index in [0.717, 1.165) is 35.5 Å². The standard InChI is InChI=1S/C20H22N2O3S/c1-12-5-6-15-18(7-12)26-20(22-15)14(11-21)8-13-9-16(23-2)19(25-4)17(10-13)24-3/h8-10,12H,5-7H2,1-4H3/b14-8+. The van der Waals surface area contributed by atoms with Crippen molar-refractivity contribution < 1.29 is 14.2 Å². The third-order valence-electron chi connectivity index (χ3n) is 4.53. The second-order valence-corrected chi connectivity index (χ2v) is 7.45. The highest BCUT2D eigenvalue weighted by Crippen LogP contribution is 2.39. The van der Waals surface area contributed by atoms with E-state index >= 15 is 0 Å². The quantitative estimate of drug-likeness (QED) is 0.732. The number of hydrogen-bond donors (Lipinski definition) is 0. The Hall–Kier alpha value is -2.52. The summed E-state index contributed by atoms with van der Waals surface area (Å²) < 4.78 is 16.1. The van der Waals surface area contributed by atoms with E-state index in [9.17, 15) is 5.26 Å². The van der Waals surface area contributed by atoms with E-state index in [1.54, 1.807) is 32.7 Å². The van der Waals surface area contributed by atoms with Crippen molar-refractivity contribution in [3.63, 3.8) is 0 Å². The van der Waals surface area contributed by atoms with Crippen LogP contribution in [0.25, 0.3) is 11.6 Å². The summed E-state index contributed by atoms with van der Waals surface area (Å²) in [4.78, 5) is 6.02. The van der Waals surface area contributed by atoms with Crippen LogP contribution in [-0.4, -0.2) is 26.3 Å². The number of nitrogens with zero attached hydrogens (tertiary/aromatic N) is 2. The molecule has 0 amide bonds. The normalized spacial score (nSPS) is 16.6. The minimum atomic E-state index is 0.532. The van der Waals surface area contributed by atoms with E-state index in [1.165, 1.54) is 4.88 Å². The number of allylic oxidation sites excluding steroid dienone is 1. The number of thiazole rings is 1. The molecule has 1 aromatic heterocycles. The fraction of sp³-hybridized carbons (Fsp3) is 0.400. The lowest BCUT2D eigenvalue weighted by Crippen LogP contribution is -2.09. The summed E-state index contributed by atoms with van der Waals surface area (Å²) in [7, 11) is 4.72. The molecule has 1 aliphatic carbocycles. The van der Waals surface area contributed by atoms with Crippen LogP contribution in [0.4, 0.5) is 0 Å². The zero-order valence-corrected chi connectivity index (χ0v) is 16.3. The lowest BCUT2D eigenvalue weighted by molar-refractivity contribution is 0.324. The van der Waals surface area contributed by atoms with E-state index in [2.05, 4.69) is 13.0 Å². The molecule has 1 heterocycles. The molecular weight excluding hydrogens is 348 g/mol. The number of benzene rings is 1. The highest BCUT2D eigenvalue weighted by Gasteiger charge is 2.21. The average molecular weight is 370 g/mol. The third-order valence-corrected chi connectivity index (χ3v) is 5.69. The summed E-state index contributed by atoms with van der Waals surface area (Å²) in [6.07, 6.45) is 5.03. The first-order valence-electron chi connectivity index (χ1n) is 8.50. The van der Waals surface area contributed by atoms with Gasteiger partial charge in [-0.3, -0.25) is 0 Å². The molecule has 0 spiro atoms.